The second-order valence-electron chi connectivity index (χ2n) is 1.84. The third-order valence-electron chi connectivity index (χ3n) is 1.14. The van der Waals surface area contributed by atoms with Crippen molar-refractivity contribution in [2.75, 3.05) is 5.73 Å². The quantitative estimate of drug-likeness (QED) is 0.628. The molecule has 2 nitrogen and oxygen atoms in total. The van der Waals surface area contributed by atoms with E-state index < -0.39 is 0 Å². The molecular formula is C9H11ClN2. The molecule has 2 N–H and O–H groups in total. The molecular weight excluding hydrogens is 172 g/mol. The van der Waals surface area contributed by atoms with Crippen molar-refractivity contribution in [1.82, 2.24) is 0 Å². The smallest absolute Gasteiger partial charge is 0.101 e. The number of nitrogens with zero attached hydrogens (tertiary/aromatic N) is 1. The van der Waals surface area contributed by atoms with E-state index >= 15 is 0 Å². The zero-order chi connectivity index (χ0) is 9.56. The zero-order valence-corrected chi connectivity index (χ0v) is 7.89. The molecule has 0 fully saturated rings. The second kappa shape index (κ2) is 5.45. The molecule has 0 unspecified atom stereocenters. The molecule has 3 heteroatoms. The minimum atomic E-state index is 0.424. The molecule has 0 radical (unpaired) electrons. The molecule has 0 heterocycles. The Morgan fingerprint density at radius 2 is 2.00 bits per heavy atom. The van der Waals surface area contributed by atoms with Gasteiger partial charge in [-0.2, -0.15) is 5.26 Å². The SMILES string of the molecule is CC.N#Cc1cc(Cl)ccc1N. The Bertz CT molecular complexity index is 289. The van der Waals surface area contributed by atoms with Gasteiger partial charge in [0.25, 0.3) is 0 Å². The van der Waals surface area contributed by atoms with E-state index in [1.807, 2.05) is 19.9 Å². The van der Waals surface area contributed by atoms with E-state index in [1.165, 1.54) is 6.07 Å². The summed E-state index contributed by atoms with van der Waals surface area (Å²) in [6.07, 6.45) is 0. The highest BCUT2D eigenvalue weighted by Crippen LogP contribution is 2.16. The molecule has 0 saturated heterocycles. The monoisotopic (exact) mass is 182 g/mol. The minimum Gasteiger partial charge on any atom is -0.398 e. The van der Waals surface area contributed by atoms with Gasteiger partial charge in [0.15, 0.2) is 0 Å². The van der Waals surface area contributed by atoms with Gasteiger partial charge in [-0.25, -0.2) is 0 Å². The Morgan fingerprint density at radius 1 is 1.42 bits per heavy atom. The first-order valence-corrected chi connectivity index (χ1v) is 4.07. The van der Waals surface area contributed by atoms with Gasteiger partial charge in [0.05, 0.1) is 5.56 Å². The lowest BCUT2D eigenvalue weighted by Gasteiger charge is -1.94. The largest absolute Gasteiger partial charge is 0.398 e. The Hall–Kier alpha value is -1.20. The topological polar surface area (TPSA) is 49.8 Å². The fourth-order valence-corrected chi connectivity index (χ4v) is 0.797. The van der Waals surface area contributed by atoms with Crippen molar-refractivity contribution in [2.45, 2.75) is 13.8 Å². The second-order valence-corrected chi connectivity index (χ2v) is 2.28. The van der Waals surface area contributed by atoms with Gasteiger partial charge in [-0.15, -0.1) is 0 Å². The first-order valence-electron chi connectivity index (χ1n) is 3.69. The van der Waals surface area contributed by atoms with Crippen LogP contribution in [0.2, 0.25) is 5.02 Å². The number of nitriles is 1. The van der Waals surface area contributed by atoms with Gasteiger partial charge in [-0.05, 0) is 18.2 Å². The number of hydrogen-bond donors (Lipinski definition) is 1. The maximum absolute atomic E-state index is 8.45. The van der Waals surface area contributed by atoms with Gasteiger partial charge in [0.2, 0.25) is 0 Å². The predicted octanol–water partition coefficient (Wildman–Crippen LogP) is 2.82. The van der Waals surface area contributed by atoms with Crippen molar-refractivity contribution in [2.24, 2.45) is 0 Å². The van der Waals surface area contributed by atoms with Crippen LogP contribution in [-0.4, -0.2) is 0 Å². The van der Waals surface area contributed by atoms with E-state index in [4.69, 9.17) is 22.6 Å². The number of halogens is 1. The van der Waals surface area contributed by atoms with Gasteiger partial charge >= 0.3 is 0 Å². The summed E-state index contributed by atoms with van der Waals surface area (Å²) in [7, 11) is 0. The molecule has 1 aromatic carbocycles. The summed E-state index contributed by atoms with van der Waals surface area (Å²) in [6, 6.07) is 6.73. The molecule has 0 spiro atoms. The summed E-state index contributed by atoms with van der Waals surface area (Å²) >= 11 is 5.59. The molecule has 0 amide bonds. The summed E-state index contributed by atoms with van der Waals surface area (Å²) < 4.78 is 0. The highest BCUT2D eigenvalue weighted by atomic mass is 35.5. The van der Waals surface area contributed by atoms with Crippen LogP contribution < -0.4 is 5.73 Å². The average Bonchev–Trinajstić information content (AvgIpc) is 2.13. The third kappa shape index (κ3) is 2.81. The lowest BCUT2D eigenvalue weighted by molar-refractivity contribution is 1.48. The van der Waals surface area contributed by atoms with Crippen LogP contribution in [-0.2, 0) is 0 Å². The van der Waals surface area contributed by atoms with Crippen LogP contribution in [0.25, 0.3) is 0 Å². The van der Waals surface area contributed by atoms with Crippen molar-refractivity contribution in [3.8, 4) is 6.07 Å². The molecule has 1 aromatic rings. The number of nitrogen functional groups attached to an aromatic ring is 1. The molecule has 0 aromatic heterocycles. The van der Waals surface area contributed by atoms with Crippen LogP contribution in [0.4, 0.5) is 5.69 Å². The van der Waals surface area contributed by atoms with E-state index in [2.05, 4.69) is 0 Å². The Morgan fingerprint density at radius 3 is 2.42 bits per heavy atom. The van der Waals surface area contributed by atoms with Gasteiger partial charge in [0, 0.05) is 10.7 Å². The Balaban J connectivity index is 0.000000561. The van der Waals surface area contributed by atoms with Crippen molar-refractivity contribution in [3.63, 3.8) is 0 Å². The lowest BCUT2D eigenvalue weighted by Crippen LogP contribution is -1.88. The van der Waals surface area contributed by atoms with Crippen LogP contribution in [0.5, 0.6) is 0 Å². The number of anilines is 1. The predicted molar refractivity (Wildman–Crippen MR) is 51.9 cm³/mol. The van der Waals surface area contributed by atoms with Crippen LogP contribution in [0.3, 0.4) is 0 Å². The summed E-state index contributed by atoms with van der Waals surface area (Å²) in [4.78, 5) is 0. The van der Waals surface area contributed by atoms with Crippen molar-refractivity contribution in [1.29, 1.82) is 5.26 Å². The van der Waals surface area contributed by atoms with Crippen molar-refractivity contribution < 1.29 is 0 Å². The summed E-state index contributed by atoms with van der Waals surface area (Å²) in [6.45, 7) is 4.00. The van der Waals surface area contributed by atoms with E-state index in [0.717, 1.165) is 0 Å². The molecule has 12 heavy (non-hydrogen) atoms. The number of nitrogens with two attached hydrogens (primary N) is 1. The molecule has 0 bridgehead atoms. The number of rotatable bonds is 0. The van der Waals surface area contributed by atoms with Crippen LogP contribution in [0, 0.1) is 11.3 Å². The van der Waals surface area contributed by atoms with Crippen LogP contribution in [0.1, 0.15) is 19.4 Å². The molecule has 0 aliphatic rings. The van der Waals surface area contributed by atoms with Crippen molar-refractivity contribution in [3.05, 3.63) is 28.8 Å². The minimum absolute atomic E-state index is 0.424. The standard InChI is InChI=1S/C7H5ClN2.C2H6/c8-6-1-2-7(10)5(3-6)4-9;1-2/h1-3H,10H2;1-2H3. The molecule has 0 saturated carbocycles. The zero-order valence-electron chi connectivity index (χ0n) is 7.13. The Labute approximate surface area is 77.6 Å². The van der Waals surface area contributed by atoms with Crippen molar-refractivity contribution >= 4 is 17.3 Å². The van der Waals surface area contributed by atoms with Crippen LogP contribution in [0.15, 0.2) is 18.2 Å². The average molecular weight is 183 g/mol. The van der Waals surface area contributed by atoms with Gasteiger partial charge in [-0.3, -0.25) is 0 Å². The van der Waals surface area contributed by atoms with E-state index in [9.17, 15) is 0 Å². The van der Waals surface area contributed by atoms with E-state index in [-0.39, 0.29) is 0 Å². The normalized spacial score (nSPS) is 7.83. The van der Waals surface area contributed by atoms with Gasteiger partial charge < -0.3 is 5.73 Å². The van der Waals surface area contributed by atoms with E-state index in [1.54, 1.807) is 12.1 Å². The molecule has 64 valence electrons. The molecule has 0 aliphatic carbocycles. The number of hydrogen-bond acceptors (Lipinski definition) is 2. The fourth-order valence-electron chi connectivity index (χ4n) is 0.625. The summed E-state index contributed by atoms with van der Waals surface area (Å²) in [5.41, 5.74) is 6.31. The highest BCUT2D eigenvalue weighted by Gasteiger charge is 1.96. The van der Waals surface area contributed by atoms with Gasteiger partial charge in [-0.1, -0.05) is 25.4 Å². The van der Waals surface area contributed by atoms with Crippen LogP contribution >= 0.6 is 11.6 Å². The summed E-state index contributed by atoms with van der Waals surface area (Å²) in [5, 5.41) is 8.99. The molecule has 1 rings (SSSR count). The maximum Gasteiger partial charge on any atom is 0.101 e. The first-order chi connectivity index (χ1) is 5.74. The third-order valence-corrected chi connectivity index (χ3v) is 1.37. The first kappa shape index (κ1) is 10.8. The number of benzene rings is 1. The lowest BCUT2D eigenvalue weighted by atomic mass is 10.2. The fraction of sp³-hybridized carbons (Fsp3) is 0.222. The molecule has 0 atom stereocenters. The van der Waals surface area contributed by atoms with Gasteiger partial charge in [0.1, 0.15) is 6.07 Å². The Kier molecular flexibility index (Phi) is 4.91. The van der Waals surface area contributed by atoms with E-state index in [0.29, 0.717) is 16.3 Å². The molecule has 0 aliphatic heterocycles. The maximum atomic E-state index is 8.45. The highest BCUT2D eigenvalue weighted by molar-refractivity contribution is 6.30. The summed E-state index contributed by atoms with van der Waals surface area (Å²) in [5.74, 6) is 0.